The monoisotopic (exact) mass is 378 g/mol. The van der Waals surface area contributed by atoms with E-state index in [1.165, 1.54) is 11.3 Å². The van der Waals surface area contributed by atoms with Gasteiger partial charge >= 0.3 is 0 Å². The van der Waals surface area contributed by atoms with E-state index in [1.807, 2.05) is 35.7 Å². The molecule has 114 valence electrons. The maximum Gasteiger partial charge on any atom is 0.264 e. The molecule has 1 aromatic heterocycles. The molecule has 6 heteroatoms. The van der Waals surface area contributed by atoms with Crippen LogP contribution in [0.1, 0.15) is 16.6 Å². The number of benzene rings is 1. The zero-order valence-corrected chi connectivity index (χ0v) is 14.4. The molecule has 1 aromatic carbocycles. The zero-order valence-electron chi connectivity index (χ0n) is 12.0. The van der Waals surface area contributed by atoms with Gasteiger partial charge in [-0.2, -0.15) is 0 Å². The van der Waals surface area contributed by atoms with Crippen molar-refractivity contribution in [2.75, 3.05) is 18.0 Å². The van der Waals surface area contributed by atoms with Crippen molar-refractivity contribution < 1.29 is 9.59 Å². The Hall–Kier alpha value is -1.66. The highest BCUT2D eigenvalue weighted by atomic mass is 79.9. The first-order valence-electron chi connectivity index (χ1n) is 6.99. The SMILES string of the molecule is C[C@@H]1C(=O)N(c2ccc(Br)cc2)CCN1C(=O)c1cccs1. The minimum Gasteiger partial charge on any atom is -0.324 e. The van der Waals surface area contributed by atoms with E-state index in [0.29, 0.717) is 18.0 Å². The number of anilines is 1. The molecular weight excluding hydrogens is 364 g/mol. The van der Waals surface area contributed by atoms with Gasteiger partial charge in [0.05, 0.1) is 4.88 Å². The van der Waals surface area contributed by atoms with Crippen molar-refractivity contribution in [3.05, 3.63) is 51.1 Å². The Bertz CT molecular complexity index is 685. The maximum atomic E-state index is 12.6. The Morgan fingerprint density at radius 1 is 1.23 bits per heavy atom. The summed E-state index contributed by atoms with van der Waals surface area (Å²) >= 11 is 4.80. The molecule has 0 N–H and O–H groups in total. The lowest BCUT2D eigenvalue weighted by Gasteiger charge is -2.39. The summed E-state index contributed by atoms with van der Waals surface area (Å²) in [4.78, 5) is 29.2. The van der Waals surface area contributed by atoms with Gasteiger partial charge in [-0.1, -0.05) is 22.0 Å². The molecule has 2 heterocycles. The summed E-state index contributed by atoms with van der Waals surface area (Å²) < 4.78 is 0.975. The first kappa shape index (κ1) is 15.2. The van der Waals surface area contributed by atoms with Crippen LogP contribution in [-0.2, 0) is 4.79 Å². The van der Waals surface area contributed by atoms with Crippen molar-refractivity contribution in [2.24, 2.45) is 0 Å². The summed E-state index contributed by atoms with van der Waals surface area (Å²) in [5.74, 6) is -0.107. The normalized spacial score (nSPS) is 18.6. The first-order valence-corrected chi connectivity index (χ1v) is 8.66. The standard InChI is InChI=1S/C16H15BrN2O2S/c1-11-15(20)19(13-6-4-12(17)5-7-13)9-8-18(11)16(21)14-3-2-10-22-14/h2-7,10-11H,8-9H2,1H3/t11-/m1/s1. The number of thiophene rings is 1. The third-order valence-corrected chi connectivity index (χ3v) is 5.17. The number of hydrogen-bond donors (Lipinski definition) is 0. The van der Waals surface area contributed by atoms with Gasteiger partial charge in [-0.15, -0.1) is 11.3 Å². The summed E-state index contributed by atoms with van der Waals surface area (Å²) in [6.45, 7) is 2.85. The molecule has 3 rings (SSSR count). The van der Waals surface area contributed by atoms with Gasteiger partial charge in [0.25, 0.3) is 5.91 Å². The lowest BCUT2D eigenvalue weighted by molar-refractivity contribution is -0.124. The van der Waals surface area contributed by atoms with Crippen LogP contribution in [0.4, 0.5) is 5.69 Å². The van der Waals surface area contributed by atoms with Crippen molar-refractivity contribution >= 4 is 44.8 Å². The van der Waals surface area contributed by atoms with E-state index in [-0.39, 0.29) is 11.8 Å². The number of carbonyl (C=O) groups excluding carboxylic acids is 2. The van der Waals surface area contributed by atoms with E-state index in [0.717, 1.165) is 10.2 Å². The molecule has 1 aliphatic heterocycles. The number of amides is 2. The number of carbonyl (C=O) groups is 2. The van der Waals surface area contributed by atoms with Gasteiger partial charge in [0, 0.05) is 23.2 Å². The van der Waals surface area contributed by atoms with Gasteiger partial charge in [0.1, 0.15) is 6.04 Å². The van der Waals surface area contributed by atoms with E-state index < -0.39 is 6.04 Å². The Kier molecular flexibility index (Phi) is 4.31. The van der Waals surface area contributed by atoms with Crippen LogP contribution in [-0.4, -0.2) is 35.8 Å². The van der Waals surface area contributed by atoms with Crippen molar-refractivity contribution in [3.63, 3.8) is 0 Å². The zero-order chi connectivity index (χ0) is 15.7. The molecule has 0 saturated carbocycles. The minimum atomic E-state index is -0.452. The van der Waals surface area contributed by atoms with Crippen molar-refractivity contribution in [2.45, 2.75) is 13.0 Å². The summed E-state index contributed by atoms with van der Waals surface area (Å²) in [5.41, 5.74) is 0.864. The average Bonchev–Trinajstić information content (AvgIpc) is 3.05. The fourth-order valence-corrected chi connectivity index (χ4v) is 3.51. The van der Waals surface area contributed by atoms with Gasteiger partial charge < -0.3 is 9.80 Å². The molecule has 2 aromatic rings. The number of rotatable bonds is 2. The molecule has 4 nitrogen and oxygen atoms in total. The fraction of sp³-hybridized carbons (Fsp3) is 0.250. The Morgan fingerprint density at radius 2 is 1.95 bits per heavy atom. The highest BCUT2D eigenvalue weighted by molar-refractivity contribution is 9.10. The van der Waals surface area contributed by atoms with Crippen LogP contribution < -0.4 is 4.90 Å². The van der Waals surface area contributed by atoms with E-state index in [9.17, 15) is 9.59 Å². The Labute approximate surface area is 141 Å². The van der Waals surface area contributed by atoms with Crippen LogP contribution in [0.15, 0.2) is 46.3 Å². The summed E-state index contributed by atoms with van der Waals surface area (Å²) in [6.07, 6.45) is 0. The topological polar surface area (TPSA) is 40.6 Å². The van der Waals surface area contributed by atoms with E-state index >= 15 is 0 Å². The maximum absolute atomic E-state index is 12.6. The molecule has 1 aliphatic rings. The molecular formula is C16H15BrN2O2S. The molecule has 1 atom stereocenters. The molecule has 22 heavy (non-hydrogen) atoms. The van der Waals surface area contributed by atoms with Crippen LogP contribution in [0.2, 0.25) is 0 Å². The fourth-order valence-electron chi connectivity index (χ4n) is 2.57. The van der Waals surface area contributed by atoms with E-state index in [1.54, 1.807) is 22.8 Å². The highest BCUT2D eigenvalue weighted by Gasteiger charge is 2.35. The van der Waals surface area contributed by atoms with Gasteiger partial charge in [-0.25, -0.2) is 0 Å². The van der Waals surface area contributed by atoms with Crippen LogP contribution in [0.25, 0.3) is 0 Å². The molecule has 2 amide bonds. The Balaban J connectivity index is 1.78. The van der Waals surface area contributed by atoms with Crippen molar-refractivity contribution in [1.82, 2.24) is 4.90 Å². The molecule has 1 saturated heterocycles. The minimum absolute atomic E-state index is 0.0431. The average molecular weight is 379 g/mol. The van der Waals surface area contributed by atoms with Crippen LogP contribution in [0.5, 0.6) is 0 Å². The molecule has 0 spiro atoms. The highest BCUT2D eigenvalue weighted by Crippen LogP contribution is 2.24. The van der Waals surface area contributed by atoms with Gasteiger partial charge in [0.15, 0.2) is 0 Å². The molecule has 0 radical (unpaired) electrons. The van der Waals surface area contributed by atoms with Crippen LogP contribution in [0, 0.1) is 0 Å². The molecule has 0 unspecified atom stereocenters. The van der Waals surface area contributed by atoms with Crippen molar-refractivity contribution in [1.29, 1.82) is 0 Å². The molecule has 0 aliphatic carbocycles. The summed E-state index contributed by atoms with van der Waals surface area (Å²) in [6, 6.07) is 10.8. The summed E-state index contributed by atoms with van der Waals surface area (Å²) in [5, 5.41) is 1.87. The van der Waals surface area contributed by atoms with E-state index in [4.69, 9.17) is 0 Å². The number of nitrogens with zero attached hydrogens (tertiary/aromatic N) is 2. The largest absolute Gasteiger partial charge is 0.324 e. The predicted octanol–water partition coefficient (Wildman–Crippen LogP) is 3.39. The second-order valence-electron chi connectivity index (χ2n) is 5.12. The second-order valence-corrected chi connectivity index (χ2v) is 6.98. The van der Waals surface area contributed by atoms with Crippen molar-refractivity contribution in [3.8, 4) is 0 Å². The third-order valence-electron chi connectivity index (χ3n) is 3.79. The Morgan fingerprint density at radius 3 is 2.59 bits per heavy atom. The molecule has 0 bridgehead atoms. The number of hydrogen-bond acceptors (Lipinski definition) is 3. The molecule has 1 fully saturated rings. The summed E-state index contributed by atoms with van der Waals surface area (Å²) in [7, 11) is 0. The first-order chi connectivity index (χ1) is 10.6. The number of halogens is 1. The van der Waals surface area contributed by atoms with Crippen LogP contribution >= 0.6 is 27.3 Å². The van der Waals surface area contributed by atoms with E-state index in [2.05, 4.69) is 15.9 Å². The number of piperazine rings is 1. The second kappa shape index (κ2) is 6.22. The van der Waals surface area contributed by atoms with Crippen LogP contribution in [0.3, 0.4) is 0 Å². The smallest absolute Gasteiger partial charge is 0.264 e. The lowest BCUT2D eigenvalue weighted by Crippen LogP contribution is -2.57. The van der Waals surface area contributed by atoms with Gasteiger partial charge in [-0.3, -0.25) is 9.59 Å². The third kappa shape index (κ3) is 2.80. The predicted molar refractivity (Wildman–Crippen MR) is 91.3 cm³/mol. The lowest BCUT2D eigenvalue weighted by atomic mass is 10.1. The van der Waals surface area contributed by atoms with Gasteiger partial charge in [-0.05, 0) is 42.6 Å². The van der Waals surface area contributed by atoms with Gasteiger partial charge in [0.2, 0.25) is 5.91 Å². The quantitative estimate of drug-likeness (QED) is 0.803.